The van der Waals surface area contributed by atoms with E-state index in [9.17, 15) is 4.79 Å². The molecular formula is C23H21N3O3. The number of hydrogen-bond donors (Lipinski definition) is 1. The molecule has 2 aromatic heterocycles. The molecule has 6 heteroatoms. The van der Waals surface area contributed by atoms with Crippen molar-refractivity contribution in [3.8, 4) is 11.5 Å². The van der Waals surface area contributed by atoms with Crippen molar-refractivity contribution in [3.63, 3.8) is 0 Å². The molecule has 0 saturated carbocycles. The number of aryl methyl sites for hydroxylation is 1. The largest absolute Gasteiger partial charge is 0.493 e. The van der Waals surface area contributed by atoms with Gasteiger partial charge < -0.3 is 14.8 Å². The van der Waals surface area contributed by atoms with E-state index in [4.69, 9.17) is 9.47 Å². The zero-order chi connectivity index (χ0) is 20.2. The summed E-state index contributed by atoms with van der Waals surface area (Å²) in [5.74, 6) is 1.12. The Bertz CT molecular complexity index is 1140. The molecule has 4 rings (SSSR count). The highest BCUT2D eigenvalue weighted by Crippen LogP contribution is 2.23. The molecular weight excluding hydrogens is 366 g/mol. The number of fused-ring (bicyclic) bond motifs is 1. The van der Waals surface area contributed by atoms with Crippen LogP contribution in [0.3, 0.4) is 0 Å². The van der Waals surface area contributed by atoms with Gasteiger partial charge in [-0.1, -0.05) is 30.3 Å². The first kappa shape index (κ1) is 18.6. The smallest absolute Gasteiger partial charge is 0.274 e. The molecule has 2 aromatic carbocycles. The van der Waals surface area contributed by atoms with Crippen LogP contribution in [0.4, 0.5) is 5.69 Å². The van der Waals surface area contributed by atoms with Gasteiger partial charge in [-0.2, -0.15) is 0 Å². The normalized spacial score (nSPS) is 10.7. The van der Waals surface area contributed by atoms with Crippen LogP contribution in [0.1, 0.15) is 21.7 Å². The minimum atomic E-state index is -0.235. The van der Waals surface area contributed by atoms with E-state index in [1.54, 1.807) is 17.7 Å². The lowest BCUT2D eigenvalue weighted by Crippen LogP contribution is -2.15. The summed E-state index contributed by atoms with van der Waals surface area (Å²) in [6, 6.07) is 20.9. The van der Waals surface area contributed by atoms with Gasteiger partial charge >= 0.3 is 0 Å². The number of imidazole rings is 1. The molecule has 0 aliphatic carbocycles. The van der Waals surface area contributed by atoms with Gasteiger partial charge in [0.05, 0.1) is 12.8 Å². The van der Waals surface area contributed by atoms with E-state index in [-0.39, 0.29) is 5.91 Å². The van der Waals surface area contributed by atoms with E-state index >= 15 is 0 Å². The molecule has 146 valence electrons. The molecule has 0 bridgehead atoms. The van der Waals surface area contributed by atoms with Crippen molar-refractivity contribution in [1.82, 2.24) is 9.38 Å². The van der Waals surface area contributed by atoms with E-state index in [0.717, 1.165) is 11.3 Å². The van der Waals surface area contributed by atoms with E-state index in [2.05, 4.69) is 10.3 Å². The predicted octanol–water partition coefficient (Wildman–Crippen LogP) is 4.48. The summed E-state index contributed by atoms with van der Waals surface area (Å²) in [5, 5.41) is 2.92. The molecule has 0 atom stereocenters. The number of amides is 1. The first-order valence-electron chi connectivity index (χ1n) is 9.25. The van der Waals surface area contributed by atoms with Gasteiger partial charge in [0.15, 0.2) is 11.4 Å². The van der Waals surface area contributed by atoms with Gasteiger partial charge in [0, 0.05) is 11.9 Å². The number of hydrogen-bond acceptors (Lipinski definition) is 4. The van der Waals surface area contributed by atoms with Crippen LogP contribution in [0, 0.1) is 6.92 Å². The third-order valence-electron chi connectivity index (χ3n) is 4.58. The number of rotatable bonds is 6. The first-order chi connectivity index (χ1) is 14.2. The minimum Gasteiger partial charge on any atom is -0.493 e. The minimum absolute atomic E-state index is 0.235. The molecule has 2 heterocycles. The summed E-state index contributed by atoms with van der Waals surface area (Å²) >= 11 is 0. The summed E-state index contributed by atoms with van der Waals surface area (Å²) in [6.07, 6.45) is 1.80. The van der Waals surface area contributed by atoms with Crippen LogP contribution in [0.2, 0.25) is 0 Å². The summed E-state index contributed by atoms with van der Waals surface area (Å²) in [5.41, 5.74) is 3.50. The molecule has 1 amide bonds. The number of carbonyl (C=O) groups excluding carboxylic acids is 1. The predicted molar refractivity (Wildman–Crippen MR) is 112 cm³/mol. The Morgan fingerprint density at radius 2 is 1.79 bits per heavy atom. The topological polar surface area (TPSA) is 64.9 Å². The molecule has 0 aliphatic rings. The molecule has 0 radical (unpaired) electrons. The van der Waals surface area contributed by atoms with E-state index in [1.165, 1.54) is 0 Å². The number of pyridine rings is 1. The molecule has 29 heavy (non-hydrogen) atoms. The van der Waals surface area contributed by atoms with Gasteiger partial charge in [-0.3, -0.25) is 9.20 Å². The summed E-state index contributed by atoms with van der Waals surface area (Å²) in [7, 11) is 1.58. The molecule has 6 nitrogen and oxygen atoms in total. The molecule has 0 fully saturated rings. The first-order valence-corrected chi connectivity index (χ1v) is 9.25. The molecule has 4 aromatic rings. The van der Waals surface area contributed by atoms with E-state index in [1.807, 2.05) is 73.7 Å². The van der Waals surface area contributed by atoms with Gasteiger partial charge in [0.25, 0.3) is 5.91 Å². The van der Waals surface area contributed by atoms with E-state index in [0.29, 0.717) is 35.1 Å². The summed E-state index contributed by atoms with van der Waals surface area (Å²) in [4.78, 5) is 17.3. The lowest BCUT2D eigenvalue weighted by Gasteiger charge is -2.09. The Morgan fingerprint density at radius 1 is 1.03 bits per heavy atom. The fraction of sp³-hybridized carbons (Fsp3) is 0.130. The third-order valence-corrected chi connectivity index (χ3v) is 4.58. The highest BCUT2D eigenvalue weighted by Gasteiger charge is 2.18. The highest BCUT2D eigenvalue weighted by molar-refractivity contribution is 6.04. The quantitative estimate of drug-likeness (QED) is 0.530. The zero-order valence-corrected chi connectivity index (χ0v) is 16.3. The van der Waals surface area contributed by atoms with Crippen molar-refractivity contribution in [3.05, 3.63) is 89.9 Å². The lowest BCUT2D eigenvalue weighted by molar-refractivity contribution is 0.102. The van der Waals surface area contributed by atoms with Crippen LogP contribution in [0.15, 0.2) is 72.9 Å². The van der Waals surface area contributed by atoms with Crippen LogP contribution in [0.5, 0.6) is 11.5 Å². The Balaban J connectivity index is 1.48. The SMILES string of the molecule is COc1cccn2c(C(=O)Nc3ccc(OCc4ccccc4)cc3)c(C)nc12. The van der Waals surface area contributed by atoms with Gasteiger partial charge in [0.1, 0.15) is 18.1 Å². The number of nitrogens with zero attached hydrogens (tertiary/aromatic N) is 2. The summed E-state index contributed by atoms with van der Waals surface area (Å²) in [6.45, 7) is 2.30. The van der Waals surface area contributed by atoms with Crippen LogP contribution in [-0.4, -0.2) is 22.4 Å². The maximum atomic E-state index is 12.9. The standard InChI is InChI=1S/C23H21N3O3/c1-16-21(26-14-6-9-20(28-2)22(26)24-16)23(27)25-18-10-12-19(13-11-18)29-15-17-7-4-3-5-8-17/h3-14H,15H2,1-2H3,(H,25,27). The van der Waals surface area contributed by atoms with Gasteiger partial charge in [-0.25, -0.2) is 4.98 Å². The average Bonchev–Trinajstić information content (AvgIpc) is 3.10. The van der Waals surface area contributed by atoms with Crippen LogP contribution in [0.25, 0.3) is 5.65 Å². The second-order valence-corrected chi connectivity index (χ2v) is 6.57. The average molecular weight is 387 g/mol. The van der Waals surface area contributed by atoms with Gasteiger partial charge in [0.2, 0.25) is 0 Å². The van der Waals surface area contributed by atoms with Crippen LogP contribution in [-0.2, 0) is 6.61 Å². The number of ether oxygens (including phenoxy) is 2. The van der Waals surface area contributed by atoms with Crippen molar-refractivity contribution in [2.45, 2.75) is 13.5 Å². The molecule has 0 unspecified atom stereocenters. The fourth-order valence-corrected chi connectivity index (χ4v) is 3.15. The Morgan fingerprint density at radius 3 is 2.52 bits per heavy atom. The molecule has 0 aliphatic heterocycles. The van der Waals surface area contributed by atoms with Crippen molar-refractivity contribution in [2.75, 3.05) is 12.4 Å². The highest BCUT2D eigenvalue weighted by atomic mass is 16.5. The van der Waals surface area contributed by atoms with Gasteiger partial charge in [-0.05, 0) is 48.9 Å². The maximum absolute atomic E-state index is 12.9. The maximum Gasteiger partial charge on any atom is 0.274 e. The van der Waals surface area contributed by atoms with Crippen molar-refractivity contribution in [2.24, 2.45) is 0 Å². The van der Waals surface area contributed by atoms with Crippen molar-refractivity contribution >= 4 is 17.2 Å². The zero-order valence-electron chi connectivity index (χ0n) is 16.3. The van der Waals surface area contributed by atoms with Crippen LogP contribution >= 0.6 is 0 Å². The number of aromatic nitrogens is 2. The van der Waals surface area contributed by atoms with Gasteiger partial charge in [-0.15, -0.1) is 0 Å². The Labute approximate surface area is 168 Å². The number of benzene rings is 2. The summed E-state index contributed by atoms with van der Waals surface area (Å²) < 4.78 is 12.9. The monoisotopic (exact) mass is 387 g/mol. The number of carbonyl (C=O) groups is 1. The fourth-order valence-electron chi connectivity index (χ4n) is 3.15. The molecule has 0 saturated heterocycles. The number of anilines is 1. The van der Waals surface area contributed by atoms with Crippen molar-refractivity contribution in [1.29, 1.82) is 0 Å². The van der Waals surface area contributed by atoms with Crippen molar-refractivity contribution < 1.29 is 14.3 Å². The molecule has 0 spiro atoms. The van der Waals surface area contributed by atoms with E-state index < -0.39 is 0 Å². The molecule has 1 N–H and O–H groups in total. The van der Waals surface area contributed by atoms with Crippen LogP contribution < -0.4 is 14.8 Å². The lowest BCUT2D eigenvalue weighted by atomic mass is 10.2. The number of methoxy groups -OCH3 is 1. The number of nitrogens with one attached hydrogen (secondary N) is 1. The second-order valence-electron chi connectivity index (χ2n) is 6.57. The Hall–Kier alpha value is -3.80. The second kappa shape index (κ2) is 8.06. The Kier molecular flexibility index (Phi) is 5.16. The third kappa shape index (κ3) is 3.91.